The molecular weight excluding hydrogens is 188 g/mol. The highest BCUT2D eigenvalue weighted by atomic mass is 16.5. The normalized spacial score (nSPS) is 25.4. The van der Waals surface area contributed by atoms with Crippen LogP contribution in [0.4, 0.5) is 0 Å². The summed E-state index contributed by atoms with van der Waals surface area (Å²) >= 11 is 0. The fourth-order valence-electron chi connectivity index (χ4n) is 2.19. The van der Waals surface area contributed by atoms with Crippen LogP contribution in [0.25, 0.3) is 0 Å². The Balaban J connectivity index is 2.19. The van der Waals surface area contributed by atoms with Crippen LogP contribution >= 0.6 is 0 Å². The minimum absolute atomic E-state index is 0.459. The molecule has 1 fully saturated rings. The van der Waals surface area contributed by atoms with Crippen LogP contribution in [0.1, 0.15) is 33.1 Å². The van der Waals surface area contributed by atoms with Gasteiger partial charge >= 0.3 is 0 Å². The maximum Gasteiger partial charge on any atom is 0.0700 e. The van der Waals surface area contributed by atoms with Crippen LogP contribution in [-0.2, 0) is 4.74 Å². The summed E-state index contributed by atoms with van der Waals surface area (Å²) in [5.74, 6) is 0.768. The Bertz CT molecular complexity index is 164. The molecule has 1 saturated heterocycles. The first kappa shape index (κ1) is 12.9. The average Bonchev–Trinajstić information content (AvgIpc) is 2.26. The van der Waals surface area contributed by atoms with Gasteiger partial charge in [-0.15, -0.1) is 0 Å². The minimum Gasteiger partial charge on any atom is -0.376 e. The lowest BCUT2D eigenvalue weighted by Gasteiger charge is -2.34. The van der Waals surface area contributed by atoms with Crippen LogP contribution in [0.3, 0.4) is 0 Å². The molecule has 0 aliphatic carbocycles. The van der Waals surface area contributed by atoms with Crippen LogP contribution in [0, 0.1) is 5.92 Å². The van der Waals surface area contributed by atoms with Crippen molar-refractivity contribution < 1.29 is 4.74 Å². The molecule has 3 nitrogen and oxygen atoms in total. The van der Waals surface area contributed by atoms with Gasteiger partial charge in [0.2, 0.25) is 0 Å². The maximum atomic E-state index is 5.66. The van der Waals surface area contributed by atoms with Crippen molar-refractivity contribution in [1.29, 1.82) is 0 Å². The number of ether oxygens (including phenoxy) is 1. The van der Waals surface area contributed by atoms with E-state index in [4.69, 9.17) is 10.5 Å². The summed E-state index contributed by atoms with van der Waals surface area (Å²) in [7, 11) is 0. The second kappa shape index (κ2) is 7.20. The van der Waals surface area contributed by atoms with E-state index in [0.717, 1.165) is 45.0 Å². The van der Waals surface area contributed by atoms with Gasteiger partial charge in [-0.2, -0.15) is 0 Å². The molecular formula is C12H26N2O. The molecule has 1 aliphatic rings. The molecule has 0 bridgehead atoms. The van der Waals surface area contributed by atoms with Gasteiger partial charge in [0, 0.05) is 19.6 Å². The van der Waals surface area contributed by atoms with Crippen molar-refractivity contribution in [2.24, 2.45) is 11.7 Å². The zero-order valence-electron chi connectivity index (χ0n) is 10.2. The first-order valence-corrected chi connectivity index (χ1v) is 6.30. The molecule has 15 heavy (non-hydrogen) atoms. The third-order valence-electron chi connectivity index (χ3n) is 3.15. The average molecular weight is 214 g/mol. The molecule has 0 spiro atoms. The van der Waals surface area contributed by atoms with Crippen LogP contribution in [-0.4, -0.2) is 43.8 Å². The van der Waals surface area contributed by atoms with E-state index >= 15 is 0 Å². The van der Waals surface area contributed by atoms with Gasteiger partial charge in [-0.25, -0.2) is 0 Å². The van der Waals surface area contributed by atoms with Crippen molar-refractivity contribution in [2.45, 2.75) is 39.2 Å². The molecule has 1 heterocycles. The zero-order chi connectivity index (χ0) is 11.1. The fraction of sp³-hybridized carbons (Fsp3) is 1.00. The number of hydrogen-bond acceptors (Lipinski definition) is 3. The van der Waals surface area contributed by atoms with E-state index in [1.165, 1.54) is 13.0 Å². The molecule has 0 saturated carbocycles. The van der Waals surface area contributed by atoms with E-state index < -0.39 is 0 Å². The molecule has 2 N–H and O–H groups in total. The van der Waals surface area contributed by atoms with E-state index in [0.29, 0.717) is 6.10 Å². The Labute approximate surface area is 94.0 Å². The van der Waals surface area contributed by atoms with Gasteiger partial charge in [0.05, 0.1) is 12.7 Å². The molecule has 2 unspecified atom stereocenters. The van der Waals surface area contributed by atoms with Gasteiger partial charge in [0.15, 0.2) is 0 Å². The Kier molecular flexibility index (Phi) is 6.22. The van der Waals surface area contributed by atoms with Gasteiger partial charge in [-0.3, -0.25) is 4.90 Å². The highest BCUT2D eigenvalue weighted by Crippen LogP contribution is 2.12. The highest BCUT2D eigenvalue weighted by Gasteiger charge is 2.19. The number of hydrogen-bond donors (Lipinski definition) is 1. The van der Waals surface area contributed by atoms with Gasteiger partial charge in [-0.1, -0.05) is 13.8 Å². The molecule has 2 atom stereocenters. The topological polar surface area (TPSA) is 38.5 Å². The Morgan fingerprint density at radius 2 is 2.33 bits per heavy atom. The number of nitrogens with zero attached hydrogens (tertiary/aromatic N) is 1. The summed E-state index contributed by atoms with van der Waals surface area (Å²) in [5, 5.41) is 0. The third-order valence-corrected chi connectivity index (χ3v) is 3.15. The van der Waals surface area contributed by atoms with Gasteiger partial charge in [-0.05, 0) is 31.7 Å². The third kappa shape index (κ3) is 4.96. The molecule has 90 valence electrons. The molecule has 0 aromatic carbocycles. The maximum absolute atomic E-state index is 5.66. The lowest BCUT2D eigenvalue weighted by molar-refractivity contribution is -0.0336. The minimum atomic E-state index is 0.459. The van der Waals surface area contributed by atoms with E-state index in [1.54, 1.807) is 0 Å². The van der Waals surface area contributed by atoms with Crippen molar-refractivity contribution in [2.75, 3.05) is 32.8 Å². The summed E-state index contributed by atoms with van der Waals surface area (Å²) in [6, 6.07) is 0. The standard InChI is InChI=1S/C12H26N2O/c1-3-12-10-14(7-8-15-12)9-11(2)5-4-6-13/h11-12H,3-10,13H2,1-2H3. The lowest BCUT2D eigenvalue weighted by atomic mass is 10.0. The first-order valence-electron chi connectivity index (χ1n) is 6.30. The van der Waals surface area contributed by atoms with Crippen molar-refractivity contribution >= 4 is 0 Å². The fourth-order valence-corrected chi connectivity index (χ4v) is 2.19. The SMILES string of the molecule is CCC1CN(CC(C)CCCN)CCO1. The Hall–Kier alpha value is -0.120. The summed E-state index contributed by atoms with van der Waals surface area (Å²) < 4.78 is 5.66. The molecule has 0 radical (unpaired) electrons. The smallest absolute Gasteiger partial charge is 0.0700 e. The van der Waals surface area contributed by atoms with Crippen molar-refractivity contribution in [3.8, 4) is 0 Å². The predicted octanol–water partition coefficient (Wildman–Crippen LogP) is 1.47. The number of nitrogens with two attached hydrogens (primary N) is 1. The van der Waals surface area contributed by atoms with Crippen LogP contribution in [0.2, 0.25) is 0 Å². The van der Waals surface area contributed by atoms with Crippen molar-refractivity contribution in [3.05, 3.63) is 0 Å². The second-order valence-electron chi connectivity index (χ2n) is 4.70. The lowest BCUT2D eigenvalue weighted by Crippen LogP contribution is -2.43. The zero-order valence-corrected chi connectivity index (χ0v) is 10.2. The number of rotatable bonds is 6. The van der Waals surface area contributed by atoms with Crippen LogP contribution < -0.4 is 5.73 Å². The summed E-state index contributed by atoms with van der Waals surface area (Å²) in [4.78, 5) is 2.54. The van der Waals surface area contributed by atoms with Gasteiger partial charge in [0.25, 0.3) is 0 Å². The summed E-state index contributed by atoms with van der Waals surface area (Å²) in [5.41, 5.74) is 5.52. The van der Waals surface area contributed by atoms with Crippen LogP contribution in [0.5, 0.6) is 0 Å². The summed E-state index contributed by atoms with van der Waals surface area (Å²) in [6.45, 7) is 9.68. The molecule has 3 heteroatoms. The van der Waals surface area contributed by atoms with Crippen molar-refractivity contribution in [1.82, 2.24) is 4.90 Å². The highest BCUT2D eigenvalue weighted by molar-refractivity contribution is 4.72. The quantitative estimate of drug-likeness (QED) is 0.728. The molecule has 1 aliphatic heterocycles. The monoisotopic (exact) mass is 214 g/mol. The molecule has 0 amide bonds. The molecule has 0 aromatic rings. The van der Waals surface area contributed by atoms with E-state index in [2.05, 4.69) is 18.7 Å². The van der Waals surface area contributed by atoms with Gasteiger partial charge < -0.3 is 10.5 Å². The summed E-state index contributed by atoms with van der Waals surface area (Å²) in [6.07, 6.45) is 4.00. The van der Waals surface area contributed by atoms with Gasteiger partial charge in [0.1, 0.15) is 0 Å². The predicted molar refractivity (Wildman–Crippen MR) is 63.9 cm³/mol. The second-order valence-corrected chi connectivity index (χ2v) is 4.70. The Morgan fingerprint density at radius 3 is 3.00 bits per heavy atom. The molecule has 1 rings (SSSR count). The van der Waals surface area contributed by atoms with E-state index in [9.17, 15) is 0 Å². The first-order chi connectivity index (χ1) is 7.26. The van der Waals surface area contributed by atoms with Crippen molar-refractivity contribution in [3.63, 3.8) is 0 Å². The number of morpholine rings is 1. The Morgan fingerprint density at radius 1 is 1.53 bits per heavy atom. The largest absolute Gasteiger partial charge is 0.376 e. The van der Waals surface area contributed by atoms with Crippen LogP contribution in [0.15, 0.2) is 0 Å². The van der Waals surface area contributed by atoms with E-state index in [-0.39, 0.29) is 0 Å². The molecule has 0 aromatic heterocycles. The van der Waals surface area contributed by atoms with E-state index in [1.807, 2.05) is 0 Å².